The van der Waals surface area contributed by atoms with Gasteiger partial charge in [-0.1, -0.05) is 74.5 Å². The van der Waals surface area contributed by atoms with Gasteiger partial charge in [-0.3, -0.25) is 9.59 Å². The van der Waals surface area contributed by atoms with Crippen molar-refractivity contribution in [1.82, 2.24) is 9.97 Å². The molecular formula is C32H34N4O2S3. The van der Waals surface area contributed by atoms with Crippen LogP contribution >= 0.6 is 34.4 Å². The van der Waals surface area contributed by atoms with Crippen molar-refractivity contribution >= 4 is 56.5 Å². The Morgan fingerprint density at radius 2 is 1.12 bits per heavy atom. The lowest BCUT2D eigenvalue weighted by Crippen LogP contribution is -2.37. The van der Waals surface area contributed by atoms with Crippen LogP contribution in [0.25, 0.3) is 0 Å². The number of thioether (sulfide) groups is 1. The van der Waals surface area contributed by atoms with Crippen LogP contribution < -0.4 is 10.6 Å². The van der Waals surface area contributed by atoms with Gasteiger partial charge in [-0.25, -0.2) is 9.97 Å². The highest BCUT2D eigenvalue weighted by molar-refractivity contribution is 8.00. The van der Waals surface area contributed by atoms with E-state index < -0.39 is 0 Å². The number of carbonyl (C=O) groups excluding carboxylic acids is 2. The zero-order valence-electron chi connectivity index (χ0n) is 23.3. The van der Waals surface area contributed by atoms with Gasteiger partial charge in [0.25, 0.3) is 0 Å². The van der Waals surface area contributed by atoms with Crippen LogP contribution in [0.2, 0.25) is 0 Å². The highest BCUT2D eigenvalue weighted by atomic mass is 32.2. The van der Waals surface area contributed by atoms with Crippen molar-refractivity contribution in [3.05, 3.63) is 93.9 Å². The first-order chi connectivity index (χ1) is 19.8. The Hall–Kier alpha value is -3.01. The van der Waals surface area contributed by atoms with E-state index in [1.54, 1.807) is 0 Å². The fourth-order valence-corrected chi connectivity index (χ4v) is 8.47. The van der Waals surface area contributed by atoms with Crippen molar-refractivity contribution in [2.75, 3.05) is 22.1 Å². The molecule has 4 aromatic rings. The number of nitrogens with zero attached hydrogens (tertiary/aromatic N) is 2. The summed E-state index contributed by atoms with van der Waals surface area (Å²) in [5, 5.41) is 11.1. The summed E-state index contributed by atoms with van der Waals surface area (Å²) < 4.78 is 0. The minimum atomic E-state index is -0.144. The predicted octanol–water partition coefficient (Wildman–Crippen LogP) is 7.58. The normalized spacial score (nSPS) is 25.1. The highest BCUT2D eigenvalue weighted by Gasteiger charge is 2.44. The van der Waals surface area contributed by atoms with E-state index in [9.17, 15) is 9.59 Å². The third-order valence-corrected chi connectivity index (χ3v) is 11.1. The molecule has 2 aromatic heterocycles. The number of thiazole rings is 2. The van der Waals surface area contributed by atoms with Gasteiger partial charge >= 0.3 is 0 Å². The van der Waals surface area contributed by atoms with Crippen molar-refractivity contribution < 1.29 is 9.59 Å². The quantitative estimate of drug-likeness (QED) is 0.196. The lowest BCUT2D eigenvalue weighted by Gasteiger charge is -2.45. The molecule has 2 aliphatic rings. The predicted molar refractivity (Wildman–Crippen MR) is 170 cm³/mol. The van der Waals surface area contributed by atoms with Gasteiger partial charge < -0.3 is 10.6 Å². The molecule has 41 heavy (non-hydrogen) atoms. The number of nitrogens with one attached hydrogen (secondary N) is 2. The first kappa shape index (κ1) is 28.1. The summed E-state index contributed by atoms with van der Waals surface area (Å²) in [6.07, 6.45) is 4.25. The number of hydrogen-bond acceptors (Lipinski definition) is 7. The van der Waals surface area contributed by atoms with Gasteiger partial charge in [-0.2, -0.15) is 0 Å². The number of amides is 2. The lowest BCUT2D eigenvalue weighted by atomic mass is 9.59. The third kappa shape index (κ3) is 6.27. The average Bonchev–Trinajstić information content (AvgIpc) is 3.60. The van der Waals surface area contributed by atoms with Gasteiger partial charge in [-0.15, -0.1) is 34.4 Å². The molecule has 2 fully saturated rings. The number of carbonyl (C=O) groups is 2. The summed E-state index contributed by atoms with van der Waals surface area (Å²) in [7, 11) is 0. The molecule has 0 atom stereocenters. The highest BCUT2D eigenvalue weighted by Crippen LogP contribution is 2.53. The van der Waals surface area contributed by atoms with Crippen LogP contribution in [0.4, 0.5) is 10.3 Å². The van der Waals surface area contributed by atoms with Gasteiger partial charge in [0.15, 0.2) is 10.3 Å². The van der Waals surface area contributed by atoms with Gasteiger partial charge in [0.2, 0.25) is 11.8 Å². The van der Waals surface area contributed by atoms with E-state index in [1.165, 1.54) is 45.6 Å². The maximum Gasteiger partial charge on any atom is 0.236 e. The molecular weight excluding hydrogens is 569 g/mol. The first-order valence-corrected chi connectivity index (χ1v) is 16.9. The number of anilines is 2. The van der Waals surface area contributed by atoms with Crippen molar-refractivity contribution in [1.29, 1.82) is 0 Å². The fourth-order valence-electron chi connectivity index (χ4n) is 6.24. The summed E-state index contributed by atoms with van der Waals surface area (Å²) in [6.45, 7) is 4.62. The summed E-state index contributed by atoms with van der Waals surface area (Å²) >= 11 is 4.22. The van der Waals surface area contributed by atoms with E-state index in [0.717, 1.165) is 37.1 Å². The first-order valence-electron chi connectivity index (χ1n) is 14.0. The van der Waals surface area contributed by atoms with Gasteiger partial charge in [0.1, 0.15) is 0 Å². The average molecular weight is 603 g/mol. The Morgan fingerprint density at radius 3 is 1.51 bits per heavy atom. The molecule has 2 aliphatic carbocycles. The van der Waals surface area contributed by atoms with Crippen LogP contribution in [0.3, 0.4) is 0 Å². The van der Waals surface area contributed by atoms with Crippen LogP contribution in [-0.4, -0.2) is 33.3 Å². The Bertz CT molecular complexity index is 1390. The maximum atomic E-state index is 12.5. The number of benzene rings is 2. The largest absolute Gasteiger partial charge is 0.301 e. The molecule has 2 heterocycles. The second-order valence-corrected chi connectivity index (χ2v) is 14.5. The summed E-state index contributed by atoms with van der Waals surface area (Å²) in [4.78, 5) is 34.3. The van der Waals surface area contributed by atoms with E-state index in [4.69, 9.17) is 0 Å². The third-order valence-electron chi connectivity index (χ3n) is 8.57. The lowest BCUT2D eigenvalue weighted by molar-refractivity contribution is -0.114. The Balaban J connectivity index is 0.902. The Labute approximate surface area is 253 Å². The maximum absolute atomic E-state index is 12.5. The molecule has 0 radical (unpaired) electrons. The second-order valence-electron chi connectivity index (χ2n) is 11.8. The number of rotatable bonds is 10. The molecule has 9 heteroatoms. The molecule has 2 N–H and O–H groups in total. The molecule has 0 aliphatic heterocycles. The second kappa shape index (κ2) is 11.7. The van der Waals surface area contributed by atoms with Crippen LogP contribution in [0.15, 0.2) is 71.4 Å². The Kier molecular flexibility index (Phi) is 8.03. The molecule has 2 saturated carbocycles. The van der Waals surface area contributed by atoms with Crippen LogP contribution in [0.5, 0.6) is 0 Å². The minimum Gasteiger partial charge on any atom is -0.301 e. The zero-order chi connectivity index (χ0) is 28.5. The van der Waals surface area contributed by atoms with Crippen molar-refractivity contribution in [2.24, 2.45) is 0 Å². The molecule has 6 rings (SSSR count). The molecule has 212 valence electrons. The monoisotopic (exact) mass is 602 g/mol. The summed E-state index contributed by atoms with van der Waals surface area (Å²) in [5.74, 6) is 0.944. The topological polar surface area (TPSA) is 84.0 Å². The van der Waals surface area contributed by atoms with E-state index in [-0.39, 0.29) is 34.2 Å². The molecule has 0 spiro atoms. The van der Waals surface area contributed by atoms with Crippen molar-refractivity contribution in [3.8, 4) is 0 Å². The summed E-state index contributed by atoms with van der Waals surface area (Å²) in [5.41, 5.74) is 5.25. The SMILES string of the molecule is CC1(c2ccccc2)CC(c2csc(NC(=O)CSCC(=O)Nc3nc(C4CC(C)(c5ccccc5)C4)cs3)n2)C1. The van der Waals surface area contributed by atoms with Gasteiger partial charge in [-0.05, 0) is 47.6 Å². The number of aromatic nitrogens is 2. The van der Waals surface area contributed by atoms with Crippen LogP contribution in [0, 0.1) is 0 Å². The van der Waals surface area contributed by atoms with Crippen molar-refractivity contribution in [2.45, 2.75) is 62.2 Å². The fraction of sp³-hybridized carbons (Fsp3) is 0.375. The summed E-state index contributed by atoms with van der Waals surface area (Å²) in [6, 6.07) is 21.3. The Morgan fingerprint density at radius 1 is 0.732 bits per heavy atom. The molecule has 2 amide bonds. The molecule has 0 unspecified atom stereocenters. The molecule has 0 saturated heterocycles. The van der Waals surface area contributed by atoms with Crippen molar-refractivity contribution in [3.63, 3.8) is 0 Å². The van der Waals surface area contributed by atoms with Crippen LogP contribution in [-0.2, 0) is 20.4 Å². The van der Waals surface area contributed by atoms with Crippen LogP contribution in [0.1, 0.15) is 73.9 Å². The zero-order valence-corrected chi connectivity index (χ0v) is 25.7. The standard InChI is InChI=1S/C32H34N4O2S3/c1-31(23-9-5-3-6-10-23)13-21(14-31)25-17-40-29(33-25)35-27(37)19-39-20-28(38)36-30-34-26(18-41-30)22-15-32(2,16-22)24-11-7-4-8-12-24/h3-12,17-18,21-22H,13-16,19-20H2,1-2H3,(H,33,35,37)(H,34,36,38). The van der Waals surface area contributed by atoms with E-state index in [2.05, 4.69) is 106 Å². The molecule has 2 aromatic carbocycles. The molecule has 0 bridgehead atoms. The number of hydrogen-bond donors (Lipinski definition) is 2. The minimum absolute atomic E-state index is 0.144. The smallest absolute Gasteiger partial charge is 0.236 e. The van der Waals surface area contributed by atoms with Gasteiger partial charge in [0.05, 0.1) is 22.9 Å². The van der Waals surface area contributed by atoms with E-state index >= 15 is 0 Å². The van der Waals surface area contributed by atoms with E-state index in [0.29, 0.717) is 22.1 Å². The van der Waals surface area contributed by atoms with E-state index in [1.807, 2.05) is 0 Å². The van der Waals surface area contributed by atoms with Gasteiger partial charge in [0, 0.05) is 22.6 Å². The molecule has 6 nitrogen and oxygen atoms in total.